The fourth-order valence-electron chi connectivity index (χ4n) is 10.5. The first kappa shape index (κ1) is 73.6. The summed E-state index contributed by atoms with van der Waals surface area (Å²) < 4.78 is 23.2. The van der Waals surface area contributed by atoms with Crippen molar-refractivity contribution in [3.63, 3.8) is 0 Å². The highest BCUT2D eigenvalue weighted by molar-refractivity contribution is 7.99. The Bertz CT molecular complexity index is 3130. The van der Waals surface area contributed by atoms with Gasteiger partial charge in [0.05, 0.1) is 49.7 Å². The Hall–Kier alpha value is -7.84. The van der Waals surface area contributed by atoms with Gasteiger partial charge in [0, 0.05) is 86.6 Å². The summed E-state index contributed by atoms with van der Waals surface area (Å²) in [6.45, 7) is 1.32. The van der Waals surface area contributed by atoms with E-state index >= 15 is 0 Å². The zero-order valence-electron chi connectivity index (χ0n) is 51.7. The van der Waals surface area contributed by atoms with E-state index < -0.39 is 146 Å². The van der Waals surface area contributed by atoms with Gasteiger partial charge in [-0.1, -0.05) is 91.0 Å². The Morgan fingerprint density at radius 1 is 0.479 bits per heavy atom. The van der Waals surface area contributed by atoms with Crippen molar-refractivity contribution in [3.05, 3.63) is 156 Å². The number of hydrogen-bond acceptors (Lipinski definition) is 20. The van der Waals surface area contributed by atoms with Crippen LogP contribution in [0.2, 0.25) is 0 Å². The molecule has 0 aromatic heterocycles. The van der Waals surface area contributed by atoms with Gasteiger partial charge in [0.2, 0.25) is 11.8 Å². The summed E-state index contributed by atoms with van der Waals surface area (Å²) in [5, 5.41) is 103. The van der Waals surface area contributed by atoms with Crippen LogP contribution in [0.3, 0.4) is 0 Å². The molecule has 94 heavy (non-hydrogen) atoms. The first-order valence-corrected chi connectivity index (χ1v) is 32.7. The first-order valence-electron chi connectivity index (χ1n) is 30.4. The Kier molecular flexibility index (Phi) is 27.9. The molecule has 0 bridgehead atoms. The molecular formula is C66H80N6O20S2. The van der Waals surface area contributed by atoms with Crippen molar-refractivity contribution >= 4 is 70.9 Å². The fourth-order valence-corrected chi connectivity index (χ4v) is 12.1. The van der Waals surface area contributed by atoms with Gasteiger partial charge in [-0.15, -0.1) is 0 Å². The normalized spacial score (nSPS) is 22.3. The predicted octanol–water partition coefficient (Wildman–Crippen LogP) is 1.93. The first-order chi connectivity index (χ1) is 45.0. The second kappa shape index (κ2) is 35.6. The van der Waals surface area contributed by atoms with Gasteiger partial charge in [-0.3, -0.25) is 28.8 Å². The van der Waals surface area contributed by atoms with Crippen molar-refractivity contribution in [3.8, 4) is 22.3 Å². The van der Waals surface area contributed by atoms with Crippen LogP contribution in [0.4, 0.5) is 0 Å². The Balaban J connectivity index is 0.786. The van der Waals surface area contributed by atoms with E-state index in [1.807, 2.05) is 60.7 Å². The number of aliphatic hydroxyl groups excluding tert-OH is 6. The summed E-state index contributed by atoms with van der Waals surface area (Å²) in [6, 6.07) is 35.7. The third-order valence-corrected chi connectivity index (χ3v) is 17.6. The lowest BCUT2D eigenvalue weighted by Gasteiger charge is -2.46. The molecule has 26 nitrogen and oxygen atoms in total. The van der Waals surface area contributed by atoms with Gasteiger partial charge >= 0.3 is 11.9 Å². The SMILES string of the molecule is CC(=O)N[C@@H]1[C@@H](O)C[C@](OCCCSCCNC(=O)c2cccc(C(=O)NCCSCCCO[C@]3(C(=O)O)C[C@H](O)[C@@H](NC(C)=O)[C@H](C(O)[C@H](O)CNC(=O)c4ccc(-c5ccccc5)cc4)O3)c2)(C(=O)O)O[C@H]1C(O)[C@H](O)CNC(=O)c1ccc(-c2ccccc2)cc1. The fraction of sp³-hybridized carbons (Fsp3) is 0.424. The van der Waals surface area contributed by atoms with E-state index in [2.05, 4.69) is 31.9 Å². The molecule has 0 aliphatic carbocycles. The average molecular weight is 1340 g/mol. The highest BCUT2D eigenvalue weighted by atomic mass is 32.2. The number of thioether (sulfide) groups is 2. The monoisotopic (exact) mass is 1340 g/mol. The van der Waals surface area contributed by atoms with Crippen molar-refractivity contribution < 1.29 is 98.2 Å². The molecule has 0 saturated carbocycles. The largest absolute Gasteiger partial charge is 0.477 e. The van der Waals surface area contributed by atoms with E-state index in [-0.39, 0.29) is 61.4 Å². The molecule has 28 heteroatoms. The van der Waals surface area contributed by atoms with Crippen molar-refractivity contribution in [1.29, 1.82) is 0 Å². The van der Waals surface area contributed by atoms with Crippen LogP contribution >= 0.6 is 23.5 Å². The maximum absolute atomic E-state index is 13.1. The van der Waals surface area contributed by atoms with E-state index in [0.717, 1.165) is 36.1 Å². The highest BCUT2D eigenvalue weighted by Gasteiger charge is 2.57. The number of hydrogen-bond donors (Lipinski definition) is 14. The zero-order valence-corrected chi connectivity index (χ0v) is 53.3. The summed E-state index contributed by atoms with van der Waals surface area (Å²) >= 11 is 2.82. The minimum absolute atomic E-state index is 0.195. The smallest absolute Gasteiger partial charge is 0.364 e. The number of carbonyl (C=O) groups is 8. The minimum Gasteiger partial charge on any atom is -0.477 e. The number of aliphatic carboxylic acids is 2. The molecule has 12 atom stereocenters. The quantitative estimate of drug-likeness (QED) is 0.0262. The van der Waals surface area contributed by atoms with Crippen LogP contribution in [-0.4, -0.2) is 223 Å². The lowest BCUT2D eigenvalue weighted by Crippen LogP contribution is -2.68. The Labute approximate surface area is 550 Å². The van der Waals surface area contributed by atoms with Crippen LogP contribution in [-0.2, 0) is 38.1 Å². The third kappa shape index (κ3) is 20.6. The Morgan fingerprint density at radius 2 is 0.830 bits per heavy atom. The standard InChI is InChI=1S/C66H80N6O20S2/c1-39(73)71-53-49(75)35-65(63(85)86,91-57(53)55(79)51(77)37-69-59(81)45-22-18-43(19-23-45)41-12-5-3-6-13-41)89-28-10-30-93-32-26-67-61(83)47-16-9-17-48(34-47)62(84)68-27-33-94-31-11-29-90-66(64(87)88)36-50(76)54(72-40(2)74)58(92-66)56(80)52(78)38-70-60(82)46-24-20-44(21-25-46)42-14-7-4-8-15-42/h3-9,12-25,34,49-58,75-80H,10-11,26-33,35-38H2,1-2H3,(H,67,83)(H,68,84)(H,69,81)(H,70,82)(H,71,73)(H,72,74)(H,85,86)(H,87,88)/t49-,50-,51+,52+,53+,54+,55?,56?,57+,58+,65+,66+/m0/s1. The van der Waals surface area contributed by atoms with Crippen LogP contribution in [0.15, 0.2) is 133 Å². The maximum atomic E-state index is 13.1. The average Bonchev–Trinajstić information content (AvgIpc) is 0.778. The number of rotatable bonds is 34. The molecule has 506 valence electrons. The number of amides is 6. The highest BCUT2D eigenvalue weighted by Crippen LogP contribution is 2.36. The van der Waals surface area contributed by atoms with Crippen molar-refractivity contribution in [1.82, 2.24) is 31.9 Å². The van der Waals surface area contributed by atoms with Crippen LogP contribution in [0, 0.1) is 0 Å². The van der Waals surface area contributed by atoms with Gasteiger partial charge in [0.1, 0.15) is 24.4 Å². The predicted molar refractivity (Wildman–Crippen MR) is 346 cm³/mol. The lowest BCUT2D eigenvalue weighted by atomic mass is 9.88. The molecule has 14 N–H and O–H groups in total. The number of aliphatic hydroxyl groups is 6. The molecule has 2 unspecified atom stereocenters. The topological polar surface area (TPSA) is 408 Å². The number of ether oxygens (including phenoxy) is 4. The molecular weight excluding hydrogens is 1260 g/mol. The summed E-state index contributed by atoms with van der Waals surface area (Å²) in [5.74, 6) is -9.86. The van der Waals surface area contributed by atoms with Crippen molar-refractivity contribution in [2.75, 3.05) is 62.4 Å². The molecule has 6 amide bonds. The Morgan fingerprint density at radius 3 is 1.18 bits per heavy atom. The molecule has 0 spiro atoms. The van der Waals surface area contributed by atoms with E-state index in [0.29, 0.717) is 23.0 Å². The number of carboxylic acid groups (broad SMARTS) is 2. The number of carboxylic acids is 2. The molecule has 2 aliphatic rings. The second-order valence-electron chi connectivity index (χ2n) is 22.4. The van der Waals surface area contributed by atoms with E-state index in [1.54, 1.807) is 66.7 Å². The lowest BCUT2D eigenvalue weighted by molar-refractivity contribution is -0.310. The molecule has 5 aromatic carbocycles. The van der Waals surface area contributed by atoms with Gasteiger partial charge in [0.25, 0.3) is 35.2 Å². The van der Waals surface area contributed by atoms with E-state index in [1.165, 1.54) is 29.6 Å². The number of carbonyl (C=O) groups excluding carboxylic acids is 6. The van der Waals surface area contributed by atoms with Gasteiger partial charge in [-0.05, 0) is 89.1 Å². The van der Waals surface area contributed by atoms with Gasteiger partial charge in [-0.25, -0.2) is 9.59 Å². The summed E-state index contributed by atoms with van der Waals surface area (Å²) in [7, 11) is 0. The minimum atomic E-state index is -2.50. The van der Waals surface area contributed by atoms with E-state index in [9.17, 15) is 79.2 Å². The molecule has 2 aliphatic heterocycles. The third-order valence-electron chi connectivity index (χ3n) is 15.4. The van der Waals surface area contributed by atoms with Crippen LogP contribution < -0.4 is 31.9 Å². The molecule has 2 heterocycles. The molecule has 7 rings (SSSR count). The van der Waals surface area contributed by atoms with E-state index in [4.69, 9.17) is 18.9 Å². The van der Waals surface area contributed by atoms with Gasteiger partial charge in [-0.2, -0.15) is 23.5 Å². The zero-order chi connectivity index (χ0) is 68.0. The van der Waals surface area contributed by atoms with Crippen molar-refractivity contribution in [2.45, 2.75) is 112 Å². The summed E-state index contributed by atoms with van der Waals surface area (Å²) in [5.41, 5.74) is 4.60. The number of nitrogens with one attached hydrogen (secondary N) is 6. The van der Waals surface area contributed by atoms with Gasteiger partial charge in [0.15, 0.2) is 0 Å². The molecule has 2 fully saturated rings. The maximum Gasteiger partial charge on any atom is 0.364 e. The number of benzene rings is 5. The molecule has 5 aromatic rings. The van der Waals surface area contributed by atoms with Crippen LogP contribution in [0.25, 0.3) is 22.3 Å². The molecule has 0 radical (unpaired) electrons. The summed E-state index contributed by atoms with van der Waals surface area (Å²) in [6.07, 6.45) is -14.8. The van der Waals surface area contributed by atoms with Crippen LogP contribution in [0.5, 0.6) is 0 Å². The van der Waals surface area contributed by atoms with Crippen LogP contribution in [0.1, 0.15) is 81.0 Å². The summed E-state index contributed by atoms with van der Waals surface area (Å²) in [4.78, 5) is 102. The second-order valence-corrected chi connectivity index (χ2v) is 24.9. The van der Waals surface area contributed by atoms with Crippen molar-refractivity contribution in [2.24, 2.45) is 0 Å². The van der Waals surface area contributed by atoms with Gasteiger partial charge < -0.3 is 91.7 Å². The molecule has 2 saturated heterocycles.